The molecule has 1 saturated heterocycles. The minimum absolute atomic E-state index is 0.403. The third-order valence-electron chi connectivity index (χ3n) is 4.98. The molecule has 1 fully saturated rings. The molecule has 0 saturated carbocycles. The molecule has 1 aliphatic rings. The predicted octanol–water partition coefficient (Wildman–Crippen LogP) is 1.15. The monoisotopic (exact) mass is 335 g/mol. The minimum Gasteiger partial charge on any atom is -0.379 e. The zero-order chi connectivity index (χ0) is 17.5. The predicted molar refractivity (Wildman–Crippen MR) is 101 cm³/mol. The van der Waals surface area contributed by atoms with Gasteiger partial charge in [-0.15, -0.1) is 0 Å². The van der Waals surface area contributed by atoms with Crippen LogP contribution in [-0.2, 0) is 5.60 Å². The first-order chi connectivity index (χ1) is 12.2. The van der Waals surface area contributed by atoms with E-state index >= 15 is 0 Å². The quantitative estimate of drug-likeness (QED) is 0.821. The van der Waals surface area contributed by atoms with E-state index in [1.54, 1.807) is 4.90 Å². The number of benzene rings is 2. The molecule has 3 heteroatoms. The van der Waals surface area contributed by atoms with Crippen LogP contribution in [-0.4, -0.2) is 49.8 Å². The molecule has 0 radical (unpaired) electrons. The second-order valence-corrected chi connectivity index (χ2v) is 6.86. The SMILES string of the molecule is C[NH+]1CCN(CC#CCC(O)(c2ccccc2)c2ccccc2)CC1. The largest absolute Gasteiger partial charge is 0.379 e. The van der Waals surface area contributed by atoms with E-state index in [4.69, 9.17) is 0 Å². The van der Waals surface area contributed by atoms with Crippen LogP contribution in [0.5, 0.6) is 0 Å². The molecular formula is C22H27N2O+. The van der Waals surface area contributed by atoms with Crippen LogP contribution < -0.4 is 4.90 Å². The van der Waals surface area contributed by atoms with E-state index in [1.165, 1.54) is 13.1 Å². The van der Waals surface area contributed by atoms with Gasteiger partial charge in [-0.1, -0.05) is 72.5 Å². The van der Waals surface area contributed by atoms with Crippen LogP contribution in [0, 0.1) is 11.8 Å². The van der Waals surface area contributed by atoms with Crippen molar-refractivity contribution in [2.45, 2.75) is 12.0 Å². The Kier molecular flexibility index (Phi) is 5.88. The van der Waals surface area contributed by atoms with Crippen LogP contribution in [0.1, 0.15) is 17.5 Å². The van der Waals surface area contributed by atoms with Crippen molar-refractivity contribution in [1.82, 2.24) is 4.90 Å². The van der Waals surface area contributed by atoms with Gasteiger partial charge < -0.3 is 10.0 Å². The molecule has 2 aromatic carbocycles. The maximum absolute atomic E-state index is 11.4. The van der Waals surface area contributed by atoms with Gasteiger partial charge in [-0.25, -0.2) is 0 Å². The summed E-state index contributed by atoms with van der Waals surface area (Å²) in [6.07, 6.45) is 0.403. The van der Waals surface area contributed by atoms with Gasteiger partial charge in [0.1, 0.15) is 5.60 Å². The second-order valence-electron chi connectivity index (χ2n) is 6.86. The first-order valence-corrected chi connectivity index (χ1v) is 9.01. The zero-order valence-corrected chi connectivity index (χ0v) is 14.9. The number of hydrogen-bond acceptors (Lipinski definition) is 2. The minimum atomic E-state index is -1.07. The first kappa shape index (κ1) is 17.7. The number of aliphatic hydroxyl groups is 1. The van der Waals surface area contributed by atoms with Crippen molar-refractivity contribution in [1.29, 1.82) is 0 Å². The highest BCUT2D eigenvalue weighted by Crippen LogP contribution is 2.32. The number of nitrogens with zero attached hydrogens (tertiary/aromatic N) is 1. The Hall–Kier alpha value is -2.12. The molecule has 0 aromatic heterocycles. The fourth-order valence-electron chi connectivity index (χ4n) is 3.25. The average Bonchev–Trinajstić information content (AvgIpc) is 2.68. The summed E-state index contributed by atoms with van der Waals surface area (Å²) in [6, 6.07) is 19.7. The van der Waals surface area contributed by atoms with E-state index in [2.05, 4.69) is 23.8 Å². The van der Waals surface area contributed by atoms with E-state index < -0.39 is 5.60 Å². The molecule has 2 aromatic rings. The smallest absolute Gasteiger partial charge is 0.125 e. The number of rotatable bonds is 4. The standard InChI is InChI=1S/C22H26N2O/c1-23-16-18-24(19-17-23)15-9-8-14-22(25,20-10-4-2-5-11-20)21-12-6-3-7-13-21/h2-7,10-13,25H,14-19H2,1H3/p+1. The highest BCUT2D eigenvalue weighted by molar-refractivity contribution is 5.37. The van der Waals surface area contributed by atoms with Crippen molar-refractivity contribution in [3.8, 4) is 11.8 Å². The fraction of sp³-hybridized carbons (Fsp3) is 0.364. The van der Waals surface area contributed by atoms with Crippen molar-refractivity contribution in [3.05, 3.63) is 71.8 Å². The molecule has 0 amide bonds. The summed E-state index contributed by atoms with van der Waals surface area (Å²) in [6.45, 7) is 5.34. The highest BCUT2D eigenvalue weighted by Gasteiger charge is 2.30. The molecule has 130 valence electrons. The van der Waals surface area contributed by atoms with E-state index in [0.29, 0.717) is 6.42 Å². The second kappa shape index (κ2) is 8.31. The zero-order valence-electron chi connectivity index (χ0n) is 14.9. The Morgan fingerprint density at radius 1 is 0.920 bits per heavy atom. The summed E-state index contributed by atoms with van der Waals surface area (Å²) in [5, 5.41) is 11.4. The Morgan fingerprint density at radius 3 is 1.96 bits per heavy atom. The Labute approximate surface area is 150 Å². The van der Waals surface area contributed by atoms with Gasteiger partial charge in [-0.05, 0) is 11.1 Å². The third kappa shape index (κ3) is 4.49. The van der Waals surface area contributed by atoms with Gasteiger partial charge in [0.05, 0.1) is 26.7 Å². The maximum Gasteiger partial charge on any atom is 0.125 e. The van der Waals surface area contributed by atoms with E-state index in [0.717, 1.165) is 30.8 Å². The van der Waals surface area contributed by atoms with Crippen LogP contribution >= 0.6 is 0 Å². The molecule has 0 spiro atoms. The van der Waals surface area contributed by atoms with Gasteiger partial charge in [0, 0.05) is 19.5 Å². The average molecular weight is 335 g/mol. The molecule has 3 rings (SSSR count). The molecule has 1 aliphatic heterocycles. The molecular weight excluding hydrogens is 308 g/mol. The van der Waals surface area contributed by atoms with Crippen molar-refractivity contribution < 1.29 is 10.0 Å². The lowest BCUT2D eigenvalue weighted by molar-refractivity contribution is -0.884. The lowest BCUT2D eigenvalue weighted by atomic mass is 9.84. The van der Waals surface area contributed by atoms with Crippen molar-refractivity contribution >= 4 is 0 Å². The summed E-state index contributed by atoms with van der Waals surface area (Å²) in [4.78, 5) is 3.98. The summed E-state index contributed by atoms with van der Waals surface area (Å²) < 4.78 is 0. The third-order valence-corrected chi connectivity index (χ3v) is 4.98. The van der Waals surface area contributed by atoms with Crippen LogP contribution in [0.4, 0.5) is 0 Å². The number of quaternary nitrogens is 1. The van der Waals surface area contributed by atoms with Crippen LogP contribution in [0.15, 0.2) is 60.7 Å². The van der Waals surface area contributed by atoms with Gasteiger partial charge in [0.25, 0.3) is 0 Å². The van der Waals surface area contributed by atoms with Crippen molar-refractivity contribution in [2.75, 3.05) is 39.8 Å². The Balaban J connectivity index is 1.73. The first-order valence-electron chi connectivity index (χ1n) is 9.01. The molecule has 25 heavy (non-hydrogen) atoms. The van der Waals surface area contributed by atoms with Crippen LogP contribution in [0.3, 0.4) is 0 Å². The van der Waals surface area contributed by atoms with Crippen LogP contribution in [0.25, 0.3) is 0 Å². The molecule has 0 aliphatic carbocycles. The number of hydrogen-bond donors (Lipinski definition) is 2. The lowest BCUT2D eigenvalue weighted by Gasteiger charge is -2.28. The maximum atomic E-state index is 11.4. The van der Waals surface area contributed by atoms with Crippen molar-refractivity contribution in [3.63, 3.8) is 0 Å². The van der Waals surface area contributed by atoms with Gasteiger partial charge in [-0.3, -0.25) is 4.90 Å². The number of likely N-dealkylation sites (N-methyl/N-ethyl adjacent to an activating group) is 1. The van der Waals surface area contributed by atoms with Gasteiger partial charge >= 0.3 is 0 Å². The lowest BCUT2D eigenvalue weighted by Crippen LogP contribution is -3.11. The van der Waals surface area contributed by atoms with E-state index in [-0.39, 0.29) is 0 Å². The summed E-state index contributed by atoms with van der Waals surface area (Å²) in [5.74, 6) is 6.50. The van der Waals surface area contributed by atoms with E-state index in [1.807, 2.05) is 60.7 Å². The van der Waals surface area contributed by atoms with Crippen LogP contribution in [0.2, 0.25) is 0 Å². The van der Waals surface area contributed by atoms with Gasteiger partial charge in [0.2, 0.25) is 0 Å². The number of piperazine rings is 1. The van der Waals surface area contributed by atoms with Crippen molar-refractivity contribution in [2.24, 2.45) is 0 Å². The molecule has 3 nitrogen and oxygen atoms in total. The van der Waals surface area contributed by atoms with E-state index in [9.17, 15) is 5.11 Å². The summed E-state index contributed by atoms with van der Waals surface area (Å²) in [5.41, 5.74) is 0.708. The van der Waals surface area contributed by atoms with Gasteiger partial charge in [0.15, 0.2) is 0 Å². The molecule has 0 bridgehead atoms. The van der Waals surface area contributed by atoms with Gasteiger partial charge in [-0.2, -0.15) is 0 Å². The fourth-order valence-corrected chi connectivity index (χ4v) is 3.25. The molecule has 0 unspecified atom stereocenters. The Morgan fingerprint density at radius 2 is 1.44 bits per heavy atom. The summed E-state index contributed by atoms with van der Waals surface area (Å²) in [7, 11) is 2.24. The topological polar surface area (TPSA) is 27.9 Å². The molecule has 2 N–H and O–H groups in total. The Bertz CT molecular complexity index is 670. The molecule has 0 atom stereocenters. The molecule has 1 heterocycles. The number of nitrogens with one attached hydrogen (secondary N) is 1. The normalized spacial score (nSPS) is 16.2. The highest BCUT2D eigenvalue weighted by atomic mass is 16.3. The summed E-state index contributed by atoms with van der Waals surface area (Å²) >= 11 is 0.